The average molecular weight is 327 g/mol. The Balaban J connectivity index is 1.86. The van der Waals surface area contributed by atoms with E-state index >= 15 is 0 Å². The second-order valence-electron chi connectivity index (χ2n) is 5.25. The van der Waals surface area contributed by atoms with E-state index < -0.39 is 18.1 Å². The van der Waals surface area contributed by atoms with Crippen molar-refractivity contribution in [2.75, 3.05) is 24.5 Å². The number of anilines is 1. The zero-order chi connectivity index (χ0) is 15.7. The van der Waals surface area contributed by atoms with Gasteiger partial charge >= 0.3 is 0 Å². The van der Waals surface area contributed by atoms with Crippen LogP contribution in [0.1, 0.15) is 23.2 Å². The fourth-order valence-corrected chi connectivity index (χ4v) is 2.54. The molecule has 1 unspecified atom stereocenters. The Kier molecular flexibility index (Phi) is 3.95. The first-order chi connectivity index (χ1) is 10.4. The Hall–Kier alpha value is -1.82. The van der Waals surface area contributed by atoms with E-state index in [1.807, 2.05) is 6.07 Å². The summed E-state index contributed by atoms with van der Waals surface area (Å²) in [6.45, 7) is 1.11. The van der Waals surface area contributed by atoms with E-state index in [2.05, 4.69) is 20.3 Å². The van der Waals surface area contributed by atoms with Gasteiger partial charge in [-0.2, -0.15) is 5.10 Å². The number of alkyl halides is 2. The van der Waals surface area contributed by atoms with Crippen molar-refractivity contribution in [2.45, 2.75) is 18.5 Å². The third-order valence-corrected chi connectivity index (χ3v) is 3.72. The number of hydrogen-bond donors (Lipinski definition) is 1. The first-order valence-corrected chi connectivity index (χ1v) is 7.56. The maximum atomic E-state index is 12.8. The van der Waals surface area contributed by atoms with Crippen molar-refractivity contribution in [3.05, 3.63) is 24.0 Å². The molecule has 0 aromatic carbocycles. The summed E-state index contributed by atoms with van der Waals surface area (Å²) in [6.07, 6.45) is 5.29. The van der Waals surface area contributed by atoms with E-state index in [1.165, 1.54) is 20.0 Å². The minimum absolute atomic E-state index is 0.190. The fourth-order valence-electron chi connectivity index (χ4n) is 2.44. The fraction of sp³-hybridized carbons (Fsp3) is 0.462. The van der Waals surface area contributed by atoms with Gasteiger partial charge in [0.2, 0.25) is 0 Å². The molecular formula is C13H16F2N5OP. The maximum absolute atomic E-state index is 12.8. The molecule has 1 saturated heterocycles. The molecule has 0 spiro atoms. The van der Waals surface area contributed by atoms with Crippen LogP contribution >= 0.6 is 9.24 Å². The Morgan fingerprint density at radius 2 is 2.14 bits per heavy atom. The molecule has 0 radical (unpaired) electrons. The van der Waals surface area contributed by atoms with E-state index in [1.54, 1.807) is 6.20 Å². The van der Waals surface area contributed by atoms with Crippen LogP contribution in [0.25, 0.3) is 5.65 Å². The molecule has 1 N–H and O–H groups in total. The molecule has 22 heavy (non-hydrogen) atoms. The number of nitrogens with zero attached hydrogens (tertiary/aromatic N) is 4. The van der Waals surface area contributed by atoms with E-state index in [0.717, 1.165) is 31.7 Å². The summed E-state index contributed by atoms with van der Waals surface area (Å²) in [4.78, 5) is 18.6. The first-order valence-electron chi connectivity index (χ1n) is 6.98. The number of aromatic nitrogens is 3. The van der Waals surface area contributed by atoms with Crippen molar-refractivity contribution in [3.8, 4) is 0 Å². The number of halogens is 2. The molecule has 3 heterocycles. The van der Waals surface area contributed by atoms with Crippen molar-refractivity contribution in [3.63, 3.8) is 0 Å². The van der Waals surface area contributed by atoms with Gasteiger partial charge in [0.15, 0.2) is 5.65 Å². The van der Waals surface area contributed by atoms with Crippen molar-refractivity contribution >= 4 is 26.6 Å². The monoisotopic (exact) mass is 327 g/mol. The van der Waals surface area contributed by atoms with Crippen LogP contribution in [0.4, 0.5) is 14.6 Å². The molecule has 1 fully saturated rings. The summed E-state index contributed by atoms with van der Waals surface area (Å²) in [5, 5.41) is 6.22. The van der Waals surface area contributed by atoms with Gasteiger partial charge in [0.1, 0.15) is 11.4 Å². The van der Waals surface area contributed by atoms with Gasteiger partial charge in [-0.3, -0.25) is 4.79 Å². The average Bonchev–Trinajstić information content (AvgIpc) is 3.12. The quantitative estimate of drug-likeness (QED) is 0.865. The van der Waals surface area contributed by atoms with E-state index in [-0.39, 0.29) is 5.56 Å². The molecule has 1 amide bonds. The van der Waals surface area contributed by atoms with Crippen LogP contribution in [0.3, 0.4) is 0 Å². The number of carbonyl (C=O) groups is 1. The predicted molar refractivity (Wildman–Crippen MR) is 81.4 cm³/mol. The van der Waals surface area contributed by atoms with E-state index in [0.29, 0.717) is 5.65 Å². The Morgan fingerprint density at radius 1 is 1.41 bits per heavy atom. The molecule has 118 valence electrons. The molecule has 2 aromatic rings. The summed E-state index contributed by atoms with van der Waals surface area (Å²) < 4.78 is 27.1. The zero-order valence-corrected chi connectivity index (χ0v) is 13.0. The van der Waals surface area contributed by atoms with Crippen molar-refractivity contribution in [1.29, 1.82) is 0 Å². The van der Waals surface area contributed by atoms with Crippen molar-refractivity contribution in [2.24, 2.45) is 0 Å². The number of nitrogens with one attached hydrogen (secondary N) is 1. The highest BCUT2D eigenvalue weighted by Gasteiger charge is 2.24. The highest BCUT2D eigenvalue weighted by Crippen LogP contribution is 2.21. The molecule has 2 aromatic heterocycles. The summed E-state index contributed by atoms with van der Waals surface area (Å²) in [5.74, 6) is 0.166. The smallest absolute Gasteiger partial charge is 0.275 e. The standard InChI is InChI=1S/C13H16F2N5OP/c14-13(15,22)8-16-12(21)9-7-17-20-6-3-10(18-11(9)20)19-4-1-2-5-19/h3,6-7H,1-2,4-5,8,22H2,(H,16,21). The third kappa shape index (κ3) is 3.16. The number of rotatable bonds is 4. The molecule has 9 heteroatoms. The van der Waals surface area contributed by atoms with Gasteiger partial charge in [-0.25, -0.2) is 18.3 Å². The number of carbonyl (C=O) groups excluding carboxylic acids is 1. The number of fused-ring (bicyclic) bond motifs is 1. The van der Waals surface area contributed by atoms with Gasteiger partial charge in [-0.05, 0) is 18.9 Å². The topological polar surface area (TPSA) is 62.5 Å². The summed E-state index contributed by atoms with van der Waals surface area (Å²) >= 11 is 0. The molecule has 3 rings (SSSR count). The highest BCUT2D eigenvalue weighted by molar-refractivity contribution is 7.18. The minimum atomic E-state index is -3.03. The van der Waals surface area contributed by atoms with Crippen LogP contribution in [0.15, 0.2) is 18.5 Å². The Bertz CT molecular complexity index is 693. The highest BCUT2D eigenvalue weighted by atomic mass is 31.0. The molecular weight excluding hydrogens is 311 g/mol. The lowest BCUT2D eigenvalue weighted by atomic mass is 10.3. The van der Waals surface area contributed by atoms with Crippen LogP contribution in [0, 0.1) is 0 Å². The summed E-state index contributed by atoms with van der Waals surface area (Å²) in [7, 11) is 1.39. The van der Waals surface area contributed by atoms with E-state index in [9.17, 15) is 13.6 Å². The lowest BCUT2D eigenvalue weighted by molar-refractivity contribution is 0.0806. The van der Waals surface area contributed by atoms with Crippen LogP contribution in [-0.4, -0.2) is 45.8 Å². The zero-order valence-electron chi connectivity index (χ0n) is 11.8. The Labute approximate surface area is 128 Å². The minimum Gasteiger partial charge on any atom is -0.357 e. The number of hydrogen-bond acceptors (Lipinski definition) is 4. The molecule has 1 atom stereocenters. The molecule has 6 nitrogen and oxygen atoms in total. The van der Waals surface area contributed by atoms with Crippen LogP contribution in [0.2, 0.25) is 0 Å². The van der Waals surface area contributed by atoms with Gasteiger partial charge in [-0.1, -0.05) is 9.24 Å². The molecule has 0 aliphatic carbocycles. The van der Waals surface area contributed by atoms with Crippen molar-refractivity contribution < 1.29 is 13.6 Å². The van der Waals surface area contributed by atoms with Crippen molar-refractivity contribution in [1.82, 2.24) is 19.9 Å². The van der Waals surface area contributed by atoms with Gasteiger partial charge in [0.05, 0.1) is 12.7 Å². The number of amides is 1. The Morgan fingerprint density at radius 3 is 2.82 bits per heavy atom. The second-order valence-corrected chi connectivity index (χ2v) is 6.09. The summed E-state index contributed by atoms with van der Waals surface area (Å²) in [5.41, 5.74) is -2.48. The first kappa shape index (κ1) is 15.1. The normalized spacial score (nSPS) is 15.5. The van der Waals surface area contributed by atoms with Gasteiger partial charge in [0, 0.05) is 19.3 Å². The summed E-state index contributed by atoms with van der Waals surface area (Å²) in [6, 6.07) is 1.84. The van der Waals surface area contributed by atoms with E-state index in [4.69, 9.17) is 0 Å². The second kappa shape index (κ2) is 5.76. The lowest BCUT2D eigenvalue weighted by Crippen LogP contribution is -2.32. The predicted octanol–water partition coefficient (Wildman–Crippen LogP) is 1.53. The molecule has 1 aliphatic rings. The molecule has 0 bridgehead atoms. The molecule has 1 aliphatic heterocycles. The molecule has 0 saturated carbocycles. The maximum Gasteiger partial charge on any atom is 0.275 e. The largest absolute Gasteiger partial charge is 0.357 e. The third-order valence-electron chi connectivity index (χ3n) is 3.51. The van der Waals surface area contributed by atoms with Gasteiger partial charge in [0.25, 0.3) is 11.6 Å². The van der Waals surface area contributed by atoms with Gasteiger partial charge in [-0.15, -0.1) is 0 Å². The van der Waals surface area contributed by atoms with Crippen LogP contribution < -0.4 is 10.2 Å². The lowest BCUT2D eigenvalue weighted by Gasteiger charge is -2.16. The van der Waals surface area contributed by atoms with Gasteiger partial charge < -0.3 is 10.2 Å². The van der Waals surface area contributed by atoms with Crippen LogP contribution in [0.5, 0.6) is 0 Å². The SMILES string of the molecule is O=C(NCC(F)(F)P)c1cnn2ccc(N3CCCC3)nc12. The van der Waals surface area contributed by atoms with Crippen LogP contribution in [-0.2, 0) is 0 Å².